The normalized spacial score (nSPS) is 13.1. The molecule has 1 heterocycles. The summed E-state index contributed by atoms with van der Waals surface area (Å²) in [4.78, 5) is 15.2. The van der Waals surface area contributed by atoms with Crippen molar-refractivity contribution in [1.29, 1.82) is 0 Å². The first-order chi connectivity index (χ1) is 10.4. The van der Waals surface area contributed by atoms with Crippen LogP contribution in [0.15, 0.2) is 52.2 Å². The number of nitrogens with one attached hydrogen (secondary N) is 1. The molecule has 22 heavy (non-hydrogen) atoms. The molecular weight excluding hydrogens is 300 g/mol. The largest absolute Gasteiger partial charge is 0.321 e. The lowest BCUT2D eigenvalue weighted by Gasteiger charge is -2.05. The van der Waals surface area contributed by atoms with Gasteiger partial charge < -0.3 is 4.98 Å². The number of primary sulfonamides is 1. The Balaban J connectivity index is 2.02. The van der Waals surface area contributed by atoms with Crippen LogP contribution in [0.1, 0.15) is 11.1 Å². The molecule has 110 valence electrons. The SMILES string of the molecule is NS(=O)(=O)c1ccc2c(c1)Cc1c-2[nH]c(=O)c2ccccc12. The Hall–Kier alpha value is -2.44. The van der Waals surface area contributed by atoms with Crippen LogP contribution in [0.2, 0.25) is 0 Å². The topological polar surface area (TPSA) is 93.0 Å². The van der Waals surface area contributed by atoms with E-state index in [1.165, 1.54) is 6.07 Å². The van der Waals surface area contributed by atoms with Gasteiger partial charge in [0.05, 0.1) is 10.6 Å². The van der Waals surface area contributed by atoms with Gasteiger partial charge in [-0.15, -0.1) is 0 Å². The van der Waals surface area contributed by atoms with Gasteiger partial charge in [0.1, 0.15) is 0 Å². The van der Waals surface area contributed by atoms with Crippen LogP contribution in [-0.4, -0.2) is 13.4 Å². The number of rotatable bonds is 1. The fourth-order valence-corrected chi connectivity index (χ4v) is 3.64. The Morgan fingerprint density at radius 3 is 2.50 bits per heavy atom. The zero-order chi connectivity index (χ0) is 15.5. The van der Waals surface area contributed by atoms with E-state index >= 15 is 0 Å². The average Bonchev–Trinajstić information content (AvgIpc) is 2.85. The summed E-state index contributed by atoms with van der Waals surface area (Å²) < 4.78 is 23.0. The zero-order valence-electron chi connectivity index (χ0n) is 11.5. The molecule has 0 aliphatic heterocycles. The Bertz CT molecular complexity index is 1100. The summed E-state index contributed by atoms with van der Waals surface area (Å²) in [6.07, 6.45) is 0.575. The minimum atomic E-state index is -3.73. The van der Waals surface area contributed by atoms with E-state index in [4.69, 9.17) is 5.14 Å². The van der Waals surface area contributed by atoms with Gasteiger partial charge in [-0.3, -0.25) is 4.79 Å². The number of hydrogen-bond donors (Lipinski definition) is 2. The molecule has 6 heteroatoms. The maximum absolute atomic E-state index is 12.2. The molecule has 0 amide bonds. The highest BCUT2D eigenvalue weighted by atomic mass is 32.2. The van der Waals surface area contributed by atoms with Gasteiger partial charge in [0, 0.05) is 17.4 Å². The van der Waals surface area contributed by atoms with E-state index in [1.807, 2.05) is 18.2 Å². The lowest BCUT2D eigenvalue weighted by Crippen LogP contribution is -2.12. The summed E-state index contributed by atoms with van der Waals surface area (Å²) in [7, 11) is -3.73. The van der Waals surface area contributed by atoms with Crippen LogP contribution in [0.4, 0.5) is 0 Å². The summed E-state index contributed by atoms with van der Waals surface area (Å²) in [5.41, 5.74) is 3.34. The van der Waals surface area contributed by atoms with E-state index in [-0.39, 0.29) is 10.5 Å². The fraction of sp³-hybridized carbons (Fsp3) is 0.0625. The fourth-order valence-electron chi connectivity index (χ4n) is 3.08. The van der Waals surface area contributed by atoms with Crippen LogP contribution in [0.25, 0.3) is 22.0 Å². The maximum Gasteiger partial charge on any atom is 0.256 e. The van der Waals surface area contributed by atoms with Crippen molar-refractivity contribution < 1.29 is 8.42 Å². The predicted molar refractivity (Wildman–Crippen MR) is 84.2 cm³/mol. The third-order valence-electron chi connectivity index (χ3n) is 4.08. The van der Waals surface area contributed by atoms with E-state index in [1.54, 1.807) is 18.2 Å². The van der Waals surface area contributed by atoms with Crippen LogP contribution in [0.5, 0.6) is 0 Å². The molecule has 0 bridgehead atoms. The highest BCUT2D eigenvalue weighted by Crippen LogP contribution is 2.38. The molecule has 1 aliphatic carbocycles. The molecule has 0 radical (unpaired) electrons. The molecule has 5 nitrogen and oxygen atoms in total. The quantitative estimate of drug-likeness (QED) is 0.561. The Kier molecular flexibility index (Phi) is 2.58. The third kappa shape index (κ3) is 1.81. The van der Waals surface area contributed by atoms with E-state index in [0.29, 0.717) is 11.8 Å². The number of pyridine rings is 1. The highest BCUT2D eigenvalue weighted by Gasteiger charge is 2.24. The van der Waals surface area contributed by atoms with E-state index in [9.17, 15) is 13.2 Å². The van der Waals surface area contributed by atoms with Crippen molar-refractivity contribution in [1.82, 2.24) is 4.98 Å². The second-order valence-electron chi connectivity index (χ2n) is 5.39. The highest BCUT2D eigenvalue weighted by molar-refractivity contribution is 7.89. The average molecular weight is 312 g/mol. The number of aromatic nitrogens is 1. The van der Waals surface area contributed by atoms with Crippen molar-refractivity contribution >= 4 is 20.8 Å². The Morgan fingerprint density at radius 1 is 1.05 bits per heavy atom. The third-order valence-corrected chi connectivity index (χ3v) is 4.99. The molecule has 0 atom stereocenters. The molecule has 2 aromatic carbocycles. The molecule has 0 unspecified atom stereocenters. The van der Waals surface area contributed by atoms with E-state index < -0.39 is 10.0 Å². The van der Waals surface area contributed by atoms with E-state index in [2.05, 4.69) is 4.98 Å². The smallest absolute Gasteiger partial charge is 0.256 e. The molecule has 0 fully saturated rings. The number of fused-ring (bicyclic) bond motifs is 5. The van der Waals surface area contributed by atoms with Gasteiger partial charge in [0.15, 0.2) is 0 Å². The van der Waals surface area contributed by atoms with Crippen LogP contribution >= 0.6 is 0 Å². The molecule has 0 spiro atoms. The number of hydrogen-bond acceptors (Lipinski definition) is 3. The van der Waals surface area contributed by atoms with Crippen molar-refractivity contribution in [2.45, 2.75) is 11.3 Å². The van der Waals surface area contributed by atoms with Crippen LogP contribution in [0.3, 0.4) is 0 Å². The first kappa shape index (κ1) is 13.2. The van der Waals surface area contributed by atoms with Crippen LogP contribution in [-0.2, 0) is 16.4 Å². The molecule has 4 rings (SSSR count). The molecule has 3 aromatic rings. The summed E-state index contributed by atoms with van der Waals surface area (Å²) in [5, 5.41) is 6.72. The minimum Gasteiger partial charge on any atom is -0.321 e. The van der Waals surface area contributed by atoms with Crippen molar-refractivity contribution in [3.63, 3.8) is 0 Å². The monoisotopic (exact) mass is 312 g/mol. The first-order valence-corrected chi connectivity index (χ1v) is 8.30. The lowest BCUT2D eigenvalue weighted by molar-refractivity contribution is 0.597. The minimum absolute atomic E-state index is 0.0886. The second-order valence-corrected chi connectivity index (χ2v) is 6.96. The molecule has 0 saturated heterocycles. The maximum atomic E-state index is 12.2. The number of sulfonamides is 1. The first-order valence-electron chi connectivity index (χ1n) is 6.75. The summed E-state index contributed by atoms with van der Waals surface area (Å²) in [6, 6.07) is 12.2. The number of aromatic amines is 1. The van der Waals surface area contributed by atoms with Gasteiger partial charge in [-0.1, -0.05) is 24.3 Å². The van der Waals surface area contributed by atoms with Crippen molar-refractivity contribution in [3.8, 4) is 11.3 Å². The molecule has 1 aliphatic rings. The van der Waals surface area contributed by atoms with Gasteiger partial charge >= 0.3 is 0 Å². The zero-order valence-corrected chi connectivity index (χ0v) is 12.3. The van der Waals surface area contributed by atoms with Gasteiger partial charge in [-0.05, 0) is 34.7 Å². The van der Waals surface area contributed by atoms with Gasteiger partial charge in [0.25, 0.3) is 5.56 Å². The Labute approximate surface area is 126 Å². The van der Waals surface area contributed by atoms with Crippen LogP contribution < -0.4 is 10.7 Å². The standard InChI is InChI=1S/C16H12N2O3S/c17-22(20,21)10-5-6-11-9(7-10)8-14-12-3-1-2-4-13(12)16(19)18-15(11)14/h1-7H,8H2,(H,18,19)(H2,17,20,21). The number of nitrogens with two attached hydrogens (primary N) is 1. The summed E-state index contributed by atoms with van der Waals surface area (Å²) >= 11 is 0. The molecule has 3 N–H and O–H groups in total. The number of benzene rings is 2. The predicted octanol–water partition coefficient (Wildman–Crippen LogP) is 1.75. The van der Waals surface area contributed by atoms with Crippen molar-refractivity contribution in [2.24, 2.45) is 5.14 Å². The van der Waals surface area contributed by atoms with Gasteiger partial charge in [-0.2, -0.15) is 0 Å². The van der Waals surface area contributed by atoms with Crippen LogP contribution in [0, 0.1) is 0 Å². The molecular formula is C16H12N2O3S. The van der Waals surface area contributed by atoms with Gasteiger partial charge in [-0.25, -0.2) is 13.6 Å². The number of H-pyrrole nitrogens is 1. The second kappa shape index (κ2) is 4.28. The summed E-state index contributed by atoms with van der Waals surface area (Å²) in [6.45, 7) is 0. The Morgan fingerprint density at radius 2 is 1.77 bits per heavy atom. The van der Waals surface area contributed by atoms with Crippen molar-refractivity contribution in [2.75, 3.05) is 0 Å². The molecule has 1 aromatic heterocycles. The van der Waals surface area contributed by atoms with E-state index in [0.717, 1.165) is 27.8 Å². The van der Waals surface area contributed by atoms with Gasteiger partial charge in [0.2, 0.25) is 10.0 Å². The molecule has 0 saturated carbocycles. The summed E-state index contributed by atoms with van der Waals surface area (Å²) in [5.74, 6) is 0. The van der Waals surface area contributed by atoms with Crippen molar-refractivity contribution in [3.05, 3.63) is 63.9 Å². The lowest BCUT2D eigenvalue weighted by atomic mass is 10.0.